The molecule has 0 fully saturated rings. The zero-order chi connectivity index (χ0) is 13.0. The molecule has 0 aliphatic carbocycles. The van der Waals surface area contributed by atoms with Crippen LogP contribution in [0.3, 0.4) is 0 Å². The van der Waals surface area contributed by atoms with Crippen molar-refractivity contribution in [3.05, 3.63) is 66.0 Å². The first-order chi connectivity index (χ1) is 8.68. The van der Waals surface area contributed by atoms with Crippen LogP contribution in [0, 0.1) is 0 Å². The summed E-state index contributed by atoms with van der Waals surface area (Å²) in [5, 5.41) is 0. The lowest BCUT2D eigenvalue weighted by atomic mass is 10.1. The van der Waals surface area contributed by atoms with Crippen molar-refractivity contribution in [1.29, 1.82) is 0 Å². The second kappa shape index (κ2) is 5.36. The molecule has 0 unspecified atom stereocenters. The minimum atomic E-state index is -0.0718. The fourth-order valence-electron chi connectivity index (χ4n) is 1.80. The molecule has 0 saturated carbocycles. The van der Waals surface area contributed by atoms with Gasteiger partial charge in [-0.1, -0.05) is 30.3 Å². The maximum absolute atomic E-state index is 12.3. The number of Topliss-reactive ketones (excluding diaryl/α,β-unsaturated/α-hetero) is 1. The Morgan fingerprint density at radius 2 is 1.67 bits per heavy atom. The van der Waals surface area contributed by atoms with E-state index in [2.05, 4.69) is 0 Å². The molecule has 0 atom stereocenters. The quantitative estimate of drug-likeness (QED) is 0.603. The van der Waals surface area contributed by atoms with Gasteiger partial charge in [0.1, 0.15) is 0 Å². The second-order valence-corrected chi connectivity index (χ2v) is 4.11. The molecule has 3 heteroatoms. The van der Waals surface area contributed by atoms with Crippen molar-refractivity contribution in [3.63, 3.8) is 0 Å². The number of carbonyl (C=O) groups is 2. The maximum atomic E-state index is 12.3. The lowest BCUT2D eigenvalue weighted by molar-refractivity contribution is -0.685. The standard InChI is InChI=1S/C15H14NO2/c1-12(17)11-16-10-6-5-9-14(16)15(18)13-7-3-2-4-8-13/h2-10H,11H2,1H3/q+1. The van der Waals surface area contributed by atoms with Crippen LogP contribution in [0.4, 0.5) is 0 Å². The fraction of sp³-hybridized carbons (Fsp3) is 0.133. The molecule has 0 bridgehead atoms. The number of ketones is 2. The molecule has 0 aliphatic heterocycles. The minimum absolute atomic E-state index is 0.0216. The van der Waals surface area contributed by atoms with Gasteiger partial charge in [0.25, 0.3) is 11.5 Å². The SMILES string of the molecule is CC(=O)C[n+]1ccccc1C(=O)c1ccccc1. The van der Waals surface area contributed by atoms with Crippen molar-refractivity contribution >= 4 is 11.6 Å². The number of hydrogen-bond donors (Lipinski definition) is 0. The first kappa shape index (κ1) is 12.2. The van der Waals surface area contributed by atoms with Gasteiger partial charge in [0, 0.05) is 24.6 Å². The summed E-state index contributed by atoms with van der Waals surface area (Å²) in [4.78, 5) is 23.5. The van der Waals surface area contributed by atoms with E-state index in [1.165, 1.54) is 6.92 Å². The summed E-state index contributed by atoms with van der Waals surface area (Å²) in [6.07, 6.45) is 1.75. The Morgan fingerprint density at radius 1 is 1.00 bits per heavy atom. The zero-order valence-electron chi connectivity index (χ0n) is 10.2. The molecule has 0 saturated heterocycles. The van der Waals surface area contributed by atoms with Crippen LogP contribution in [-0.4, -0.2) is 11.6 Å². The summed E-state index contributed by atoms with van der Waals surface area (Å²) < 4.78 is 1.68. The Morgan fingerprint density at radius 3 is 2.33 bits per heavy atom. The number of hydrogen-bond acceptors (Lipinski definition) is 2. The van der Waals surface area contributed by atoms with Crippen LogP contribution in [0.1, 0.15) is 23.0 Å². The normalized spacial score (nSPS) is 10.1. The van der Waals surface area contributed by atoms with Crippen molar-refractivity contribution in [2.75, 3.05) is 0 Å². The van der Waals surface area contributed by atoms with Gasteiger partial charge in [-0.05, 0) is 6.07 Å². The smallest absolute Gasteiger partial charge is 0.256 e. The summed E-state index contributed by atoms with van der Waals surface area (Å²) in [6, 6.07) is 14.4. The molecule has 1 aromatic heterocycles. The molecule has 0 amide bonds. The van der Waals surface area contributed by atoms with E-state index in [9.17, 15) is 9.59 Å². The molecule has 0 radical (unpaired) electrons. The third kappa shape index (κ3) is 2.69. The molecule has 18 heavy (non-hydrogen) atoms. The third-order valence-corrected chi connectivity index (χ3v) is 2.60. The average molecular weight is 240 g/mol. The summed E-state index contributed by atoms with van der Waals surface area (Å²) in [5.74, 6) is -0.0502. The van der Waals surface area contributed by atoms with Crippen molar-refractivity contribution in [2.45, 2.75) is 13.5 Å². The molecule has 2 aromatic rings. The van der Waals surface area contributed by atoms with E-state index in [1.54, 1.807) is 35.0 Å². The third-order valence-electron chi connectivity index (χ3n) is 2.60. The van der Waals surface area contributed by atoms with Crippen molar-refractivity contribution in [1.82, 2.24) is 0 Å². The highest BCUT2D eigenvalue weighted by atomic mass is 16.1. The molecule has 1 aromatic carbocycles. The van der Waals surface area contributed by atoms with Gasteiger partial charge in [-0.2, -0.15) is 4.57 Å². The fourth-order valence-corrected chi connectivity index (χ4v) is 1.80. The van der Waals surface area contributed by atoms with E-state index in [4.69, 9.17) is 0 Å². The van der Waals surface area contributed by atoms with Gasteiger partial charge in [-0.25, -0.2) is 0 Å². The van der Waals surface area contributed by atoms with Gasteiger partial charge in [0.15, 0.2) is 12.0 Å². The highest BCUT2D eigenvalue weighted by molar-refractivity contribution is 6.06. The summed E-state index contributed by atoms with van der Waals surface area (Å²) in [6.45, 7) is 1.73. The van der Waals surface area contributed by atoms with E-state index in [1.807, 2.05) is 24.3 Å². The summed E-state index contributed by atoms with van der Waals surface area (Å²) >= 11 is 0. The monoisotopic (exact) mass is 240 g/mol. The van der Waals surface area contributed by atoms with Crippen LogP contribution in [0.2, 0.25) is 0 Å². The minimum Gasteiger partial charge on any atom is -0.293 e. The number of carbonyl (C=O) groups excluding carboxylic acids is 2. The largest absolute Gasteiger partial charge is 0.293 e. The van der Waals surface area contributed by atoms with E-state index >= 15 is 0 Å². The van der Waals surface area contributed by atoms with Crippen LogP contribution in [0.5, 0.6) is 0 Å². The van der Waals surface area contributed by atoms with E-state index < -0.39 is 0 Å². The molecule has 3 nitrogen and oxygen atoms in total. The Kier molecular flexibility index (Phi) is 3.63. The number of nitrogens with zero attached hydrogens (tertiary/aromatic N) is 1. The summed E-state index contributed by atoms with van der Waals surface area (Å²) in [5.41, 5.74) is 1.15. The molecule has 2 rings (SSSR count). The topological polar surface area (TPSA) is 38.0 Å². The number of rotatable bonds is 4. The molecule has 1 heterocycles. The Hall–Kier alpha value is -2.29. The predicted octanol–water partition coefficient (Wildman–Crippen LogP) is 1.79. The number of pyridine rings is 1. The van der Waals surface area contributed by atoms with Crippen molar-refractivity contribution < 1.29 is 14.2 Å². The maximum Gasteiger partial charge on any atom is 0.256 e. The first-order valence-electron chi connectivity index (χ1n) is 5.76. The Labute approximate surface area is 106 Å². The van der Waals surface area contributed by atoms with E-state index in [0.717, 1.165) is 0 Å². The van der Waals surface area contributed by atoms with Crippen LogP contribution in [-0.2, 0) is 11.3 Å². The van der Waals surface area contributed by atoms with Crippen LogP contribution in [0.15, 0.2) is 54.7 Å². The predicted molar refractivity (Wildman–Crippen MR) is 67.2 cm³/mol. The lowest BCUT2D eigenvalue weighted by Gasteiger charge is -2.01. The van der Waals surface area contributed by atoms with E-state index in [0.29, 0.717) is 11.3 Å². The molecular weight excluding hydrogens is 226 g/mol. The first-order valence-corrected chi connectivity index (χ1v) is 5.76. The van der Waals surface area contributed by atoms with Gasteiger partial charge in [0.05, 0.1) is 0 Å². The zero-order valence-corrected chi connectivity index (χ0v) is 10.2. The Bertz CT molecular complexity index is 576. The highest BCUT2D eigenvalue weighted by Gasteiger charge is 2.20. The van der Waals surface area contributed by atoms with Gasteiger partial charge in [-0.3, -0.25) is 9.59 Å². The molecule has 0 N–H and O–H groups in total. The van der Waals surface area contributed by atoms with Gasteiger partial charge < -0.3 is 0 Å². The average Bonchev–Trinajstić information content (AvgIpc) is 2.39. The molecule has 0 aliphatic rings. The van der Waals surface area contributed by atoms with Gasteiger partial charge in [0.2, 0.25) is 6.54 Å². The van der Waals surface area contributed by atoms with Gasteiger partial charge >= 0.3 is 0 Å². The number of aromatic nitrogens is 1. The van der Waals surface area contributed by atoms with Crippen LogP contribution in [0.25, 0.3) is 0 Å². The molecule has 90 valence electrons. The van der Waals surface area contributed by atoms with Crippen LogP contribution < -0.4 is 4.57 Å². The van der Waals surface area contributed by atoms with Crippen LogP contribution >= 0.6 is 0 Å². The lowest BCUT2D eigenvalue weighted by Crippen LogP contribution is -2.42. The van der Waals surface area contributed by atoms with Crippen molar-refractivity contribution in [3.8, 4) is 0 Å². The highest BCUT2D eigenvalue weighted by Crippen LogP contribution is 2.05. The number of benzene rings is 1. The van der Waals surface area contributed by atoms with E-state index in [-0.39, 0.29) is 18.1 Å². The molecule has 0 spiro atoms. The van der Waals surface area contributed by atoms with Crippen molar-refractivity contribution in [2.24, 2.45) is 0 Å². The molecular formula is C15H14NO2+. The Balaban J connectivity index is 2.39. The second-order valence-electron chi connectivity index (χ2n) is 4.11. The van der Waals surface area contributed by atoms with Gasteiger partial charge in [-0.15, -0.1) is 0 Å². The summed E-state index contributed by atoms with van der Waals surface area (Å²) in [7, 11) is 0.